The molecule has 0 unspecified atom stereocenters. The molecule has 0 spiro atoms. The first-order valence-electron chi connectivity index (χ1n) is 8.78. The summed E-state index contributed by atoms with van der Waals surface area (Å²) >= 11 is 0. The van der Waals surface area contributed by atoms with Crippen molar-refractivity contribution in [2.45, 2.75) is 6.92 Å². The highest BCUT2D eigenvalue weighted by atomic mass is 16.5. The first-order chi connectivity index (χ1) is 13.5. The van der Waals surface area contributed by atoms with E-state index >= 15 is 0 Å². The van der Waals surface area contributed by atoms with Crippen LogP contribution in [0, 0.1) is 0 Å². The molecule has 7 nitrogen and oxygen atoms in total. The van der Waals surface area contributed by atoms with Gasteiger partial charge in [-0.1, -0.05) is 24.8 Å². The second-order valence-corrected chi connectivity index (χ2v) is 6.05. The van der Waals surface area contributed by atoms with Crippen LogP contribution in [0.2, 0.25) is 0 Å². The van der Waals surface area contributed by atoms with Gasteiger partial charge in [0.2, 0.25) is 0 Å². The Hall–Kier alpha value is -3.61. The Morgan fingerprint density at radius 1 is 1.07 bits per heavy atom. The highest BCUT2D eigenvalue weighted by molar-refractivity contribution is 6.10. The SMILES string of the molecule is C=C1c2ccccc2C(=O)N1CC(=O)OCC(=O)Nc1ccc(OCC)cc1. The molecule has 0 radical (unpaired) electrons. The molecular formula is C21H20N2O5. The third-order valence-electron chi connectivity index (χ3n) is 4.14. The van der Waals surface area contributed by atoms with Crippen LogP contribution in [0.4, 0.5) is 5.69 Å². The fraction of sp³-hybridized carbons (Fsp3) is 0.190. The minimum atomic E-state index is -0.691. The van der Waals surface area contributed by atoms with Gasteiger partial charge in [-0.3, -0.25) is 19.3 Å². The lowest BCUT2D eigenvalue weighted by Gasteiger charge is -2.16. The molecule has 1 N–H and O–H groups in total. The van der Waals surface area contributed by atoms with Crippen molar-refractivity contribution in [1.82, 2.24) is 4.90 Å². The number of carbonyl (C=O) groups is 3. The molecule has 28 heavy (non-hydrogen) atoms. The normalized spacial score (nSPS) is 12.5. The summed E-state index contributed by atoms with van der Waals surface area (Å²) in [6, 6.07) is 13.8. The molecule has 0 atom stereocenters. The van der Waals surface area contributed by atoms with Crippen molar-refractivity contribution < 1.29 is 23.9 Å². The summed E-state index contributed by atoms with van der Waals surface area (Å²) in [5.41, 5.74) is 2.18. The van der Waals surface area contributed by atoms with Crippen molar-refractivity contribution >= 4 is 29.2 Å². The number of nitrogens with one attached hydrogen (secondary N) is 1. The van der Waals surface area contributed by atoms with E-state index < -0.39 is 18.5 Å². The lowest BCUT2D eigenvalue weighted by molar-refractivity contribution is -0.147. The average molecular weight is 380 g/mol. The van der Waals surface area contributed by atoms with Crippen LogP contribution < -0.4 is 10.1 Å². The van der Waals surface area contributed by atoms with Crippen LogP contribution in [0.3, 0.4) is 0 Å². The third-order valence-corrected chi connectivity index (χ3v) is 4.14. The number of ether oxygens (including phenoxy) is 2. The maximum absolute atomic E-state index is 12.4. The Kier molecular flexibility index (Phi) is 5.74. The monoisotopic (exact) mass is 380 g/mol. The molecule has 0 saturated carbocycles. The molecule has 7 heteroatoms. The Labute approximate surface area is 162 Å². The van der Waals surface area contributed by atoms with E-state index in [0.29, 0.717) is 34.9 Å². The quantitative estimate of drug-likeness (QED) is 0.747. The zero-order valence-electron chi connectivity index (χ0n) is 15.4. The van der Waals surface area contributed by atoms with Crippen LogP contribution in [0.5, 0.6) is 5.75 Å². The highest BCUT2D eigenvalue weighted by Gasteiger charge is 2.32. The van der Waals surface area contributed by atoms with Crippen LogP contribution in [0.25, 0.3) is 5.70 Å². The summed E-state index contributed by atoms with van der Waals surface area (Å²) in [4.78, 5) is 37.6. The Morgan fingerprint density at radius 2 is 1.75 bits per heavy atom. The van der Waals surface area contributed by atoms with Crippen LogP contribution >= 0.6 is 0 Å². The fourth-order valence-electron chi connectivity index (χ4n) is 2.82. The fourth-order valence-corrected chi connectivity index (χ4v) is 2.82. The summed E-state index contributed by atoms with van der Waals surface area (Å²) in [5.74, 6) is -0.781. The van der Waals surface area contributed by atoms with Crippen molar-refractivity contribution in [2.75, 3.05) is 25.1 Å². The summed E-state index contributed by atoms with van der Waals surface area (Å²) in [5, 5.41) is 2.62. The number of hydrogen-bond acceptors (Lipinski definition) is 5. The minimum absolute atomic E-state index is 0.303. The molecule has 3 rings (SSSR count). The van der Waals surface area contributed by atoms with Crippen LogP contribution in [-0.2, 0) is 14.3 Å². The Morgan fingerprint density at radius 3 is 2.39 bits per heavy atom. The van der Waals surface area contributed by atoms with Crippen molar-refractivity contribution in [2.24, 2.45) is 0 Å². The number of benzene rings is 2. The van der Waals surface area contributed by atoms with E-state index in [-0.39, 0.29) is 12.5 Å². The standard InChI is InChI=1S/C21H20N2O5/c1-3-27-16-10-8-15(9-11-16)22-19(24)13-28-20(25)12-23-14(2)17-6-4-5-7-18(17)21(23)26/h4-11H,2-3,12-13H2,1H3,(H,22,24). The number of nitrogens with zero attached hydrogens (tertiary/aromatic N) is 1. The van der Waals surface area contributed by atoms with Gasteiger partial charge in [-0.15, -0.1) is 0 Å². The smallest absolute Gasteiger partial charge is 0.326 e. The predicted molar refractivity (Wildman–Crippen MR) is 104 cm³/mol. The van der Waals surface area contributed by atoms with Crippen molar-refractivity contribution in [3.8, 4) is 5.75 Å². The van der Waals surface area contributed by atoms with Crippen molar-refractivity contribution in [3.05, 3.63) is 66.2 Å². The zero-order chi connectivity index (χ0) is 20.1. The number of fused-ring (bicyclic) bond motifs is 1. The molecule has 144 valence electrons. The summed E-state index contributed by atoms with van der Waals surface area (Å²) in [6.45, 7) is 5.54. The molecule has 0 saturated heterocycles. The van der Waals surface area contributed by atoms with Crippen LogP contribution in [-0.4, -0.2) is 42.4 Å². The summed E-state index contributed by atoms with van der Waals surface area (Å²) in [7, 11) is 0. The van der Waals surface area contributed by atoms with Crippen LogP contribution in [0.15, 0.2) is 55.1 Å². The van der Waals surface area contributed by atoms with Gasteiger partial charge in [0.05, 0.1) is 6.61 Å². The summed E-state index contributed by atoms with van der Waals surface area (Å²) < 4.78 is 10.3. The molecule has 2 amide bonds. The second kappa shape index (κ2) is 8.39. The van der Waals surface area contributed by atoms with Gasteiger partial charge in [0.15, 0.2) is 6.61 Å². The largest absolute Gasteiger partial charge is 0.494 e. The van der Waals surface area contributed by atoms with Gasteiger partial charge >= 0.3 is 5.97 Å². The van der Waals surface area contributed by atoms with Crippen molar-refractivity contribution in [1.29, 1.82) is 0 Å². The van der Waals surface area contributed by atoms with Gasteiger partial charge in [-0.2, -0.15) is 0 Å². The predicted octanol–water partition coefficient (Wildman–Crippen LogP) is 2.69. The lowest BCUT2D eigenvalue weighted by atomic mass is 10.1. The van der Waals surface area contributed by atoms with E-state index in [4.69, 9.17) is 9.47 Å². The molecule has 0 fully saturated rings. The zero-order valence-corrected chi connectivity index (χ0v) is 15.4. The molecule has 2 aromatic carbocycles. The minimum Gasteiger partial charge on any atom is -0.494 e. The van der Waals surface area contributed by atoms with Gasteiger partial charge in [0, 0.05) is 22.5 Å². The number of carbonyl (C=O) groups excluding carboxylic acids is 3. The summed E-state index contributed by atoms with van der Waals surface area (Å²) in [6.07, 6.45) is 0. The number of rotatable bonds is 7. The van der Waals surface area contributed by atoms with E-state index in [2.05, 4.69) is 11.9 Å². The maximum atomic E-state index is 12.4. The van der Waals surface area contributed by atoms with Gasteiger partial charge < -0.3 is 14.8 Å². The molecule has 0 aromatic heterocycles. The van der Waals surface area contributed by atoms with Crippen LogP contribution in [0.1, 0.15) is 22.8 Å². The number of anilines is 1. The highest BCUT2D eigenvalue weighted by Crippen LogP contribution is 2.30. The molecule has 2 aromatic rings. The molecule has 1 aliphatic heterocycles. The number of hydrogen-bond donors (Lipinski definition) is 1. The van der Waals surface area contributed by atoms with Gasteiger partial charge in [0.1, 0.15) is 12.3 Å². The Balaban J connectivity index is 1.49. The first-order valence-corrected chi connectivity index (χ1v) is 8.78. The Bertz CT molecular complexity index is 886. The molecule has 0 aliphatic carbocycles. The number of esters is 1. The molecule has 0 bridgehead atoms. The van der Waals surface area contributed by atoms with E-state index in [0.717, 1.165) is 0 Å². The van der Waals surface area contributed by atoms with E-state index in [1.54, 1.807) is 48.5 Å². The third kappa shape index (κ3) is 4.20. The number of amides is 2. The molecule has 1 aliphatic rings. The van der Waals surface area contributed by atoms with E-state index in [1.165, 1.54) is 4.90 Å². The van der Waals surface area contributed by atoms with Gasteiger partial charge in [0.25, 0.3) is 11.8 Å². The molecular weight excluding hydrogens is 360 g/mol. The van der Waals surface area contributed by atoms with Gasteiger partial charge in [-0.25, -0.2) is 0 Å². The maximum Gasteiger partial charge on any atom is 0.326 e. The molecule has 1 heterocycles. The van der Waals surface area contributed by atoms with Crippen molar-refractivity contribution in [3.63, 3.8) is 0 Å². The van der Waals surface area contributed by atoms with Gasteiger partial charge in [-0.05, 0) is 37.3 Å². The van der Waals surface area contributed by atoms with E-state index in [9.17, 15) is 14.4 Å². The van der Waals surface area contributed by atoms with E-state index in [1.807, 2.05) is 6.92 Å². The average Bonchev–Trinajstić information content (AvgIpc) is 2.93. The second-order valence-electron chi connectivity index (χ2n) is 6.05. The topological polar surface area (TPSA) is 84.9 Å². The lowest BCUT2D eigenvalue weighted by Crippen LogP contribution is -2.32. The first kappa shape index (κ1) is 19.2.